The molecule has 0 heterocycles. The molecule has 0 fully saturated rings. The molecule has 6 nitrogen and oxygen atoms in total. The van der Waals surface area contributed by atoms with E-state index in [2.05, 4.69) is 43.5 Å². The summed E-state index contributed by atoms with van der Waals surface area (Å²) >= 11 is 0. The molecule has 2 unspecified atom stereocenters. The Labute approximate surface area is 418 Å². The van der Waals surface area contributed by atoms with Gasteiger partial charge in [0.25, 0.3) is 0 Å². The van der Waals surface area contributed by atoms with Gasteiger partial charge in [-0.15, -0.1) is 0 Å². The minimum atomic E-state index is -0.675. The topological polar surface area (TPSA) is 95.9 Å². The molecule has 0 saturated heterocycles. The number of unbranched alkanes of at least 4 members (excludes halogenated alkanes) is 41. The van der Waals surface area contributed by atoms with Gasteiger partial charge in [0.15, 0.2) is 0 Å². The van der Waals surface area contributed by atoms with E-state index >= 15 is 0 Å². The third-order valence-electron chi connectivity index (χ3n) is 14.0. The van der Waals surface area contributed by atoms with E-state index in [1.54, 1.807) is 0 Å². The lowest BCUT2D eigenvalue weighted by atomic mass is 10.0. The Balaban J connectivity index is 3.46. The van der Waals surface area contributed by atoms with Crippen LogP contribution in [0.3, 0.4) is 0 Å². The molecule has 6 heteroatoms. The van der Waals surface area contributed by atoms with Crippen LogP contribution >= 0.6 is 0 Å². The van der Waals surface area contributed by atoms with E-state index in [1.807, 2.05) is 0 Å². The number of hydrogen-bond acceptors (Lipinski definition) is 5. The van der Waals surface area contributed by atoms with Gasteiger partial charge in [-0.05, 0) is 77.0 Å². The Morgan fingerprint density at radius 3 is 1.06 bits per heavy atom. The van der Waals surface area contributed by atoms with Crippen LogP contribution in [0.15, 0.2) is 24.3 Å². The summed E-state index contributed by atoms with van der Waals surface area (Å²) in [4.78, 5) is 24.6. The van der Waals surface area contributed by atoms with Crippen molar-refractivity contribution in [1.82, 2.24) is 5.32 Å². The Kier molecular flexibility index (Phi) is 55.5. The van der Waals surface area contributed by atoms with E-state index < -0.39 is 12.1 Å². The molecule has 0 aliphatic carbocycles. The van der Waals surface area contributed by atoms with Crippen LogP contribution in [-0.4, -0.2) is 47.4 Å². The van der Waals surface area contributed by atoms with Crippen LogP contribution in [0.5, 0.6) is 0 Å². The molecule has 0 aliphatic heterocycles. The van der Waals surface area contributed by atoms with E-state index in [-0.39, 0.29) is 18.5 Å². The lowest BCUT2D eigenvalue weighted by Gasteiger charge is -2.22. The molecule has 0 spiro atoms. The summed E-state index contributed by atoms with van der Waals surface area (Å²) in [6, 6.07) is -0.553. The van der Waals surface area contributed by atoms with Crippen LogP contribution < -0.4 is 5.32 Å². The highest BCUT2D eigenvalue weighted by atomic mass is 16.5. The number of aliphatic hydroxyl groups excluding tert-OH is 2. The molecule has 0 bridgehead atoms. The van der Waals surface area contributed by atoms with Crippen LogP contribution in [0.25, 0.3) is 0 Å². The van der Waals surface area contributed by atoms with Crippen LogP contribution in [-0.2, 0) is 14.3 Å². The lowest BCUT2D eigenvalue weighted by molar-refractivity contribution is -0.143. The lowest BCUT2D eigenvalue weighted by Crippen LogP contribution is -2.45. The largest absolute Gasteiger partial charge is 0.466 e. The maximum atomic E-state index is 12.5. The van der Waals surface area contributed by atoms with Crippen molar-refractivity contribution in [2.24, 2.45) is 0 Å². The molecule has 0 aromatic carbocycles. The third-order valence-corrected chi connectivity index (χ3v) is 14.0. The molecular formula is C61H117NO5. The number of esters is 1. The minimum Gasteiger partial charge on any atom is -0.466 e. The van der Waals surface area contributed by atoms with Gasteiger partial charge in [-0.3, -0.25) is 9.59 Å². The summed E-state index contributed by atoms with van der Waals surface area (Å²) < 4.78 is 5.47. The maximum Gasteiger partial charge on any atom is 0.305 e. The van der Waals surface area contributed by atoms with Crippen molar-refractivity contribution in [3.05, 3.63) is 24.3 Å². The minimum absolute atomic E-state index is 0.0124. The first-order valence-corrected chi connectivity index (χ1v) is 30.1. The van der Waals surface area contributed by atoms with E-state index in [1.165, 1.54) is 225 Å². The van der Waals surface area contributed by atoms with Gasteiger partial charge in [0.1, 0.15) is 0 Å². The van der Waals surface area contributed by atoms with Gasteiger partial charge >= 0.3 is 5.97 Å². The van der Waals surface area contributed by atoms with Gasteiger partial charge in [0.05, 0.1) is 25.4 Å². The quantitative estimate of drug-likeness (QED) is 0.0321. The second-order valence-corrected chi connectivity index (χ2v) is 20.7. The summed E-state index contributed by atoms with van der Waals surface area (Å²) in [5.41, 5.74) is 0. The highest BCUT2D eigenvalue weighted by Crippen LogP contribution is 2.17. The van der Waals surface area contributed by atoms with Crippen LogP contribution in [0.4, 0.5) is 0 Å². The standard InChI is InChI=1S/C61H117NO5/c1-3-5-7-9-11-13-15-17-19-21-23-27-31-35-39-43-47-51-55-61(66)67-56-52-48-44-40-36-32-28-24-26-30-34-38-42-46-50-54-60(65)62-58(57-63)59(64)53-49-45-41-37-33-29-25-22-20-18-16-14-12-10-8-6-4-2/h19,21,28,32,58-59,63-64H,3-18,20,22-27,29-31,33-57H2,1-2H3,(H,62,65)/b21-19-,32-28-. The van der Waals surface area contributed by atoms with Gasteiger partial charge in [-0.25, -0.2) is 0 Å². The van der Waals surface area contributed by atoms with Crippen molar-refractivity contribution in [2.75, 3.05) is 13.2 Å². The van der Waals surface area contributed by atoms with E-state index in [4.69, 9.17) is 4.74 Å². The predicted molar refractivity (Wildman–Crippen MR) is 292 cm³/mol. The summed E-state index contributed by atoms with van der Waals surface area (Å²) in [7, 11) is 0. The Bertz CT molecular complexity index is 1040. The molecule has 0 aromatic heterocycles. The van der Waals surface area contributed by atoms with Crippen LogP contribution in [0.2, 0.25) is 0 Å². The highest BCUT2D eigenvalue weighted by molar-refractivity contribution is 5.76. The number of rotatable bonds is 56. The van der Waals surface area contributed by atoms with Gasteiger partial charge < -0.3 is 20.3 Å². The number of aliphatic hydroxyl groups is 2. The zero-order valence-corrected chi connectivity index (χ0v) is 45.1. The first-order chi connectivity index (χ1) is 33.0. The number of allylic oxidation sites excluding steroid dienone is 4. The van der Waals surface area contributed by atoms with Crippen molar-refractivity contribution in [2.45, 2.75) is 341 Å². The Morgan fingerprint density at radius 1 is 0.403 bits per heavy atom. The molecule has 396 valence electrons. The monoisotopic (exact) mass is 944 g/mol. The first kappa shape index (κ1) is 65.3. The maximum absolute atomic E-state index is 12.5. The number of ether oxygens (including phenoxy) is 1. The second-order valence-electron chi connectivity index (χ2n) is 20.7. The number of hydrogen-bond donors (Lipinski definition) is 3. The molecule has 0 radical (unpaired) electrons. The van der Waals surface area contributed by atoms with Crippen molar-refractivity contribution >= 4 is 11.9 Å². The van der Waals surface area contributed by atoms with Crippen LogP contribution in [0, 0.1) is 0 Å². The van der Waals surface area contributed by atoms with E-state index in [0.29, 0.717) is 25.9 Å². The van der Waals surface area contributed by atoms with E-state index in [0.717, 1.165) is 70.6 Å². The second kappa shape index (κ2) is 56.9. The zero-order valence-electron chi connectivity index (χ0n) is 45.1. The molecule has 0 saturated carbocycles. The summed E-state index contributed by atoms with van der Waals surface area (Å²) in [5.74, 6) is -0.0606. The van der Waals surface area contributed by atoms with Crippen LogP contribution in [0.1, 0.15) is 328 Å². The zero-order chi connectivity index (χ0) is 48.6. The fourth-order valence-electron chi connectivity index (χ4n) is 9.34. The molecule has 1 amide bonds. The molecule has 0 aromatic rings. The van der Waals surface area contributed by atoms with Crippen molar-refractivity contribution < 1.29 is 24.5 Å². The molecule has 2 atom stereocenters. The van der Waals surface area contributed by atoms with Crippen molar-refractivity contribution in [3.8, 4) is 0 Å². The fraction of sp³-hybridized carbons (Fsp3) is 0.902. The van der Waals surface area contributed by atoms with Crippen molar-refractivity contribution in [1.29, 1.82) is 0 Å². The van der Waals surface area contributed by atoms with Gasteiger partial charge in [-0.1, -0.05) is 263 Å². The summed E-state index contributed by atoms with van der Waals surface area (Å²) in [6.07, 6.45) is 68.8. The number of carbonyl (C=O) groups is 2. The molecule has 67 heavy (non-hydrogen) atoms. The smallest absolute Gasteiger partial charge is 0.305 e. The highest BCUT2D eigenvalue weighted by Gasteiger charge is 2.20. The van der Waals surface area contributed by atoms with Gasteiger partial charge in [0.2, 0.25) is 5.91 Å². The Hall–Kier alpha value is -1.66. The molecule has 3 N–H and O–H groups in total. The molecule has 0 rings (SSSR count). The first-order valence-electron chi connectivity index (χ1n) is 30.1. The Morgan fingerprint density at radius 2 is 0.701 bits per heavy atom. The van der Waals surface area contributed by atoms with E-state index in [9.17, 15) is 19.8 Å². The third kappa shape index (κ3) is 53.5. The normalized spacial score (nSPS) is 12.7. The number of nitrogens with one attached hydrogen (secondary N) is 1. The average molecular weight is 945 g/mol. The van der Waals surface area contributed by atoms with Gasteiger partial charge in [-0.2, -0.15) is 0 Å². The number of amides is 1. The average Bonchev–Trinajstić information content (AvgIpc) is 3.33. The van der Waals surface area contributed by atoms with Gasteiger partial charge in [0, 0.05) is 12.8 Å². The molecule has 0 aliphatic rings. The SMILES string of the molecule is CCCCCCCCC/C=C\CCCCCCCCCC(=O)OCCCCCC/C=C\CCCCCCCCCC(=O)NC(CO)C(O)CCCCCCCCCCCCCCCCCCC. The van der Waals surface area contributed by atoms with Crippen molar-refractivity contribution in [3.63, 3.8) is 0 Å². The predicted octanol–water partition coefficient (Wildman–Crippen LogP) is 18.6. The number of carbonyl (C=O) groups excluding carboxylic acids is 2. The molecular weight excluding hydrogens is 827 g/mol. The summed E-state index contributed by atoms with van der Waals surface area (Å²) in [6.45, 7) is 4.93. The summed E-state index contributed by atoms with van der Waals surface area (Å²) in [5, 5.41) is 23.3. The fourth-order valence-corrected chi connectivity index (χ4v) is 9.34.